The van der Waals surface area contributed by atoms with Gasteiger partial charge in [0.05, 0.1) is 5.56 Å². The van der Waals surface area contributed by atoms with E-state index in [2.05, 4.69) is 24.5 Å². The zero-order valence-corrected chi connectivity index (χ0v) is 12.2. The Labute approximate surface area is 124 Å². The fourth-order valence-electron chi connectivity index (χ4n) is 1.87. The van der Waals surface area contributed by atoms with Crippen molar-refractivity contribution in [2.24, 2.45) is 0 Å². The molecule has 0 saturated carbocycles. The SMILES string of the molecule is CC(C)NCc1ccc(NC(=O)c2ccccc2F)cc1. The maximum Gasteiger partial charge on any atom is 0.258 e. The van der Waals surface area contributed by atoms with E-state index in [1.54, 1.807) is 12.1 Å². The monoisotopic (exact) mass is 286 g/mol. The van der Waals surface area contributed by atoms with Gasteiger partial charge in [-0.25, -0.2) is 4.39 Å². The minimum Gasteiger partial charge on any atom is -0.322 e. The summed E-state index contributed by atoms with van der Waals surface area (Å²) in [6, 6.07) is 13.9. The minimum atomic E-state index is -0.521. The van der Waals surface area contributed by atoms with E-state index in [0.717, 1.165) is 12.1 Å². The molecule has 0 spiro atoms. The summed E-state index contributed by atoms with van der Waals surface area (Å²) in [5.41, 5.74) is 1.83. The Hall–Kier alpha value is -2.20. The molecule has 0 aliphatic carbocycles. The Kier molecular flexibility index (Phi) is 5.06. The number of hydrogen-bond donors (Lipinski definition) is 2. The van der Waals surface area contributed by atoms with Gasteiger partial charge in [0.25, 0.3) is 5.91 Å². The van der Waals surface area contributed by atoms with E-state index in [1.807, 2.05) is 24.3 Å². The highest BCUT2D eigenvalue weighted by Crippen LogP contribution is 2.13. The van der Waals surface area contributed by atoms with E-state index >= 15 is 0 Å². The standard InChI is InChI=1S/C17H19FN2O/c1-12(2)19-11-13-7-9-14(10-8-13)20-17(21)15-5-3-4-6-16(15)18/h3-10,12,19H,11H2,1-2H3,(H,20,21). The molecule has 0 aromatic heterocycles. The van der Waals surface area contributed by atoms with Crippen molar-refractivity contribution in [3.63, 3.8) is 0 Å². The first-order valence-electron chi connectivity index (χ1n) is 6.94. The van der Waals surface area contributed by atoms with E-state index in [1.165, 1.54) is 12.1 Å². The molecule has 2 rings (SSSR count). The molecule has 0 aliphatic rings. The van der Waals surface area contributed by atoms with Gasteiger partial charge < -0.3 is 10.6 Å². The summed E-state index contributed by atoms with van der Waals surface area (Å²) in [7, 11) is 0. The zero-order valence-electron chi connectivity index (χ0n) is 12.2. The van der Waals surface area contributed by atoms with Crippen LogP contribution < -0.4 is 10.6 Å². The molecule has 2 N–H and O–H groups in total. The maximum atomic E-state index is 13.5. The van der Waals surface area contributed by atoms with Crippen molar-refractivity contribution in [2.75, 3.05) is 5.32 Å². The van der Waals surface area contributed by atoms with Crippen molar-refractivity contribution in [3.8, 4) is 0 Å². The summed E-state index contributed by atoms with van der Waals surface area (Å²) in [6.07, 6.45) is 0. The van der Waals surface area contributed by atoms with Crippen LogP contribution in [-0.2, 0) is 6.54 Å². The Bertz CT molecular complexity index is 608. The van der Waals surface area contributed by atoms with Crippen molar-refractivity contribution in [1.29, 1.82) is 0 Å². The van der Waals surface area contributed by atoms with Gasteiger partial charge in [-0.2, -0.15) is 0 Å². The van der Waals surface area contributed by atoms with E-state index in [9.17, 15) is 9.18 Å². The van der Waals surface area contributed by atoms with Gasteiger partial charge in [0.2, 0.25) is 0 Å². The molecule has 0 aliphatic heterocycles. The van der Waals surface area contributed by atoms with Gasteiger partial charge in [0.15, 0.2) is 0 Å². The lowest BCUT2D eigenvalue weighted by molar-refractivity contribution is 0.102. The number of nitrogens with one attached hydrogen (secondary N) is 2. The maximum absolute atomic E-state index is 13.5. The average Bonchev–Trinajstić information content (AvgIpc) is 2.47. The smallest absolute Gasteiger partial charge is 0.258 e. The first-order valence-corrected chi connectivity index (χ1v) is 6.94. The van der Waals surface area contributed by atoms with Crippen molar-refractivity contribution < 1.29 is 9.18 Å². The molecule has 3 nitrogen and oxygen atoms in total. The van der Waals surface area contributed by atoms with E-state index in [4.69, 9.17) is 0 Å². The zero-order chi connectivity index (χ0) is 15.2. The second-order valence-corrected chi connectivity index (χ2v) is 5.17. The van der Waals surface area contributed by atoms with Crippen molar-refractivity contribution in [2.45, 2.75) is 26.4 Å². The van der Waals surface area contributed by atoms with Crippen LogP contribution in [0.3, 0.4) is 0 Å². The molecule has 0 radical (unpaired) electrons. The van der Waals surface area contributed by atoms with Gasteiger partial charge in [0, 0.05) is 18.3 Å². The molecule has 0 heterocycles. The Balaban J connectivity index is 2.00. The molecule has 0 bridgehead atoms. The first kappa shape index (κ1) is 15.2. The van der Waals surface area contributed by atoms with E-state index in [0.29, 0.717) is 11.7 Å². The molecule has 1 amide bonds. The fourth-order valence-corrected chi connectivity index (χ4v) is 1.87. The molecule has 2 aromatic rings. The van der Waals surface area contributed by atoms with Crippen LogP contribution in [0, 0.1) is 5.82 Å². The normalized spacial score (nSPS) is 10.7. The molecule has 0 atom stereocenters. The number of carbonyl (C=O) groups is 1. The first-order chi connectivity index (χ1) is 10.1. The third kappa shape index (κ3) is 4.39. The third-order valence-corrected chi connectivity index (χ3v) is 3.04. The second kappa shape index (κ2) is 6.99. The van der Waals surface area contributed by atoms with Crippen molar-refractivity contribution in [1.82, 2.24) is 5.32 Å². The molecule has 0 saturated heterocycles. The van der Waals surface area contributed by atoms with Gasteiger partial charge in [-0.15, -0.1) is 0 Å². The topological polar surface area (TPSA) is 41.1 Å². The van der Waals surface area contributed by atoms with E-state index < -0.39 is 11.7 Å². The number of anilines is 1. The number of rotatable bonds is 5. The third-order valence-electron chi connectivity index (χ3n) is 3.04. The molecule has 0 unspecified atom stereocenters. The van der Waals surface area contributed by atoms with Crippen LogP contribution in [0.15, 0.2) is 48.5 Å². The highest BCUT2D eigenvalue weighted by Gasteiger charge is 2.10. The van der Waals surface area contributed by atoms with Gasteiger partial charge in [-0.3, -0.25) is 4.79 Å². The second-order valence-electron chi connectivity index (χ2n) is 5.17. The molecular formula is C17H19FN2O. The van der Waals surface area contributed by atoms with Crippen LogP contribution in [0.4, 0.5) is 10.1 Å². The summed E-state index contributed by atoms with van der Waals surface area (Å²) in [5.74, 6) is -0.964. The van der Waals surface area contributed by atoms with Crippen LogP contribution in [-0.4, -0.2) is 11.9 Å². The lowest BCUT2D eigenvalue weighted by Gasteiger charge is -2.09. The summed E-state index contributed by atoms with van der Waals surface area (Å²) in [4.78, 5) is 12.0. The van der Waals surface area contributed by atoms with Crippen molar-refractivity contribution >= 4 is 11.6 Å². The summed E-state index contributed by atoms with van der Waals surface area (Å²) >= 11 is 0. The van der Waals surface area contributed by atoms with Gasteiger partial charge >= 0.3 is 0 Å². The molecule has 21 heavy (non-hydrogen) atoms. The largest absolute Gasteiger partial charge is 0.322 e. The fraction of sp³-hybridized carbons (Fsp3) is 0.235. The predicted octanol–water partition coefficient (Wildman–Crippen LogP) is 3.58. The van der Waals surface area contributed by atoms with Gasteiger partial charge in [0.1, 0.15) is 5.82 Å². The van der Waals surface area contributed by atoms with Crippen LogP contribution in [0.1, 0.15) is 29.8 Å². The number of hydrogen-bond acceptors (Lipinski definition) is 2. The lowest BCUT2D eigenvalue weighted by Crippen LogP contribution is -2.21. The Morgan fingerprint density at radius 2 is 1.76 bits per heavy atom. The summed E-state index contributed by atoms with van der Waals surface area (Å²) < 4.78 is 13.5. The average molecular weight is 286 g/mol. The number of amides is 1. The molecular weight excluding hydrogens is 267 g/mol. The van der Waals surface area contributed by atoms with Crippen LogP contribution in [0.2, 0.25) is 0 Å². The highest BCUT2D eigenvalue weighted by atomic mass is 19.1. The van der Waals surface area contributed by atoms with E-state index in [-0.39, 0.29) is 5.56 Å². The summed E-state index contributed by atoms with van der Waals surface area (Å²) in [6.45, 7) is 4.95. The molecule has 2 aromatic carbocycles. The number of halogens is 1. The summed E-state index contributed by atoms with van der Waals surface area (Å²) in [5, 5.41) is 6.01. The van der Waals surface area contributed by atoms with Crippen LogP contribution >= 0.6 is 0 Å². The minimum absolute atomic E-state index is 0.0445. The molecule has 4 heteroatoms. The lowest BCUT2D eigenvalue weighted by atomic mass is 10.1. The predicted molar refractivity (Wildman–Crippen MR) is 82.8 cm³/mol. The quantitative estimate of drug-likeness (QED) is 0.882. The Morgan fingerprint density at radius 3 is 2.38 bits per heavy atom. The van der Waals surface area contributed by atoms with Gasteiger partial charge in [-0.05, 0) is 29.8 Å². The van der Waals surface area contributed by atoms with Crippen LogP contribution in [0.25, 0.3) is 0 Å². The molecule has 0 fully saturated rings. The van der Waals surface area contributed by atoms with Crippen LogP contribution in [0.5, 0.6) is 0 Å². The Morgan fingerprint density at radius 1 is 1.10 bits per heavy atom. The van der Waals surface area contributed by atoms with Gasteiger partial charge in [-0.1, -0.05) is 38.1 Å². The highest BCUT2D eigenvalue weighted by molar-refractivity contribution is 6.04. The van der Waals surface area contributed by atoms with Crippen molar-refractivity contribution in [3.05, 3.63) is 65.5 Å². The molecule has 110 valence electrons. The number of benzene rings is 2. The number of carbonyl (C=O) groups excluding carboxylic acids is 1.